The van der Waals surface area contributed by atoms with E-state index in [0.29, 0.717) is 23.9 Å². The average Bonchev–Trinajstić information content (AvgIpc) is 3.34. The van der Waals surface area contributed by atoms with Crippen LogP contribution >= 0.6 is 11.3 Å². The number of carbonyl (C=O) groups excluding carboxylic acids is 1. The van der Waals surface area contributed by atoms with Gasteiger partial charge in [0.05, 0.1) is 11.3 Å². The second kappa shape index (κ2) is 6.44. The molecule has 3 heterocycles. The number of H-pyrrole nitrogens is 1. The molecule has 2 aromatic carbocycles. The molecule has 134 valence electrons. The van der Waals surface area contributed by atoms with E-state index in [4.69, 9.17) is 9.47 Å². The number of aromatic amines is 1. The third-order valence-electron chi connectivity index (χ3n) is 4.40. The first kappa shape index (κ1) is 15.9. The number of para-hydroxylation sites is 1. The third-order valence-corrected chi connectivity index (χ3v) is 5.15. The van der Waals surface area contributed by atoms with Gasteiger partial charge in [0.25, 0.3) is 5.91 Å². The molecule has 0 saturated heterocycles. The lowest BCUT2D eigenvalue weighted by Crippen LogP contribution is -2.15. The first-order valence-electron chi connectivity index (χ1n) is 8.51. The molecule has 0 bridgehead atoms. The van der Waals surface area contributed by atoms with Crippen LogP contribution in [0.15, 0.2) is 54.0 Å². The van der Waals surface area contributed by atoms with Crippen LogP contribution in [0.2, 0.25) is 0 Å². The summed E-state index contributed by atoms with van der Waals surface area (Å²) < 4.78 is 11.2. The summed E-state index contributed by atoms with van der Waals surface area (Å²) in [6, 6.07) is 13.4. The zero-order valence-corrected chi connectivity index (χ0v) is 15.0. The second-order valence-corrected chi connectivity index (χ2v) is 6.96. The molecule has 1 aliphatic rings. The molecule has 1 aliphatic heterocycles. The van der Waals surface area contributed by atoms with Gasteiger partial charge in [-0.05, 0) is 24.3 Å². The number of carbonyl (C=O) groups is 1. The van der Waals surface area contributed by atoms with Crippen molar-refractivity contribution in [3.05, 3.63) is 59.6 Å². The first-order chi connectivity index (χ1) is 13.3. The molecule has 5 rings (SSSR count). The van der Waals surface area contributed by atoms with Crippen molar-refractivity contribution < 1.29 is 14.3 Å². The number of amides is 1. The molecule has 7 heteroatoms. The van der Waals surface area contributed by atoms with Gasteiger partial charge in [-0.25, -0.2) is 4.98 Å². The fraction of sp³-hybridized carbons (Fsp3) is 0.100. The van der Waals surface area contributed by atoms with Crippen LogP contribution in [0.3, 0.4) is 0 Å². The summed E-state index contributed by atoms with van der Waals surface area (Å²) in [5, 5.41) is 6.23. The minimum atomic E-state index is -0.185. The van der Waals surface area contributed by atoms with Crippen molar-refractivity contribution in [1.82, 2.24) is 9.97 Å². The summed E-state index contributed by atoms with van der Waals surface area (Å²) >= 11 is 1.39. The Labute approximate surface area is 158 Å². The fourth-order valence-corrected chi connectivity index (χ4v) is 3.80. The lowest BCUT2D eigenvalue weighted by atomic mass is 10.1. The van der Waals surface area contributed by atoms with Crippen LogP contribution in [0, 0.1) is 0 Å². The Morgan fingerprint density at radius 2 is 1.96 bits per heavy atom. The van der Waals surface area contributed by atoms with E-state index in [1.807, 2.05) is 47.8 Å². The monoisotopic (exact) mass is 377 g/mol. The van der Waals surface area contributed by atoms with E-state index in [0.717, 1.165) is 33.7 Å². The van der Waals surface area contributed by atoms with Crippen LogP contribution in [0.4, 0.5) is 5.13 Å². The van der Waals surface area contributed by atoms with Gasteiger partial charge < -0.3 is 14.5 Å². The Kier molecular flexibility index (Phi) is 3.79. The van der Waals surface area contributed by atoms with Gasteiger partial charge in [0, 0.05) is 28.0 Å². The number of fused-ring (bicyclic) bond motifs is 2. The van der Waals surface area contributed by atoms with E-state index in [1.165, 1.54) is 11.3 Å². The number of anilines is 1. The van der Waals surface area contributed by atoms with Crippen molar-refractivity contribution in [3.63, 3.8) is 0 Å². The molecule has 0 unspecified atom stereocenters. The maximum atomic E-state index is 12.6. The molecule has 0 saturated carbocycles. The number of benzene rings is 2. The number of nitrogens with zero attached hydrogens (tertiary/aromatic N) is 1. The molecular formula is C20H15N3O3S. The molecule has 0 atom stereocenters. The minimum absolute atomic E-state index is 0.185. The van der Waals surface area contributed by atoms with E-state index in [-0.39, 0.29) is 5.91 Å². The third kappa shape index (κ3) is 2.92. The second-order valence-electron chi connectivity index (χ2n) is 6.10. The van der Waals surface area contributed by atoms with Crippen LogP contribution < -0.4 is 14.8 Å². The van der Waals surface area contributed by atoms with Crippen molar-refractivity contribution >= 4 is 33.3 Å². The van der Waals surface area contributed by atoms with Crippen molar-refractivity contribution in [3.8, 4) is 22.8 Å². The molecule has 0 aliphatic carbocycles. The minimum Gasteiger partial charge on any atom is -0.486 e. The molecule has 2 N–H and O–H groups in total. The Morgan fingerprint density at radius 1 is 1.11 bits per heavy atom. The Morgan fingerprint density at radius 3 is 2.89 bits per heavy atom. The van der Waals surface area contributed by atoms with Gasteiger partial charge in [0.15, 0.2) is 16.6 Å². The van der Waals surface area contributed by atoms with Gasteiger partial charge in [-0.1, -0.05) is 18.2 Å². The smallest absolute Gasteiger partial charge is 0.259 e. The maximum Gasteiger partial charge on any atom is 0.259 e. The highest BCUT2D eigenvalue weighted by molar-refractivity contribution is 7.14. The lowest BCUT2D eigenvalue weighted by molar-refractivity contribution is 0.102. The van der Waals surface area contributed by atoms with Gasteiger partial charge in [-0.3, -0.25) is 10.1 Å². The zero-order valence-electron chi connectivity index (χ0n) is 14.2. The Hall–Kier alpha value is -3.32. The van der Waals surface area contributed by atoms with Crippen LogP contribution in [0.1, 0.15) is 10.4 Å². The number of hydrogen-bond acceptors (Lipinski definition) is 5. The number of thiazole rings is 1. The van der Waals surface area contributed by atoms with Crippen LogP contribution in [0.5, 0.6) is 11.5 Å². The van der Waals surface area contributed by atoms with Gasteiger partial charge in [-0.15, -0.1) is 11.3 Å². The summed E-state index contributed by atoms with van der Waals surface area (Å²) in [7, 11) is 0. The molecule has 6 nitrogen and oxygen atoms in total. The highest BCUT2D eigenvalue weighted by atomic mass is 32.1. The van der Waals surface area contributed by atoms with Crippen molar-refractivity contribution in [2.24, 2.45) is 0 Å². The predicted molar refractivity (Wildman–Crippen MR) is 105 cm³/mol. The standard InChI is InChI=1S/C20H15N3O3S/c24-19(14-10-21-15-4-2-1-3-13(14)15)23-20-22-16(11-27-20)12-5-6-17-18(9-12)26-8-7-25-17/h1-6,9-11,21H,7-8H2,(H,22,23,24). The Balaban J connectivity index is 1.38. The molecular weight excluding hydrogens is 362 g/mol. The van der Waals surface area contributed by atoms with Gasteiger partial charge in [-0.2, -0.15) is 0 Å². The van der Waals surface area contributed by atoms with E-state index in [9.17, 15) is 4.79 Å². The maximum absolute atomic E-state index is 12.6. The number of hydrogen-bond donors (Lipinski definition) is 2. The Bertz CT molecular complexity index is 1150. The van der Waals surface area contributed by atoms with Crippen molar-refractivity contribution in [2.45, 2.75) is 0 Å². The largest absolute Gasteiger partial charge is 0.486 e. The van der Waals surface area contributed by atoms with Crippen molar-refractivity contribution in [2.75, 3.05) is 18.5 Å². The molecule has 1 amide bonds. The summed E-state index contributed by atoms with van der Waals surface area (Å²) in [4.78, 5) is 20.3. The highest BCUT2D eigenvalue weighted by Crippen LogP contribution is 2.35. The van der Waals surface area contributed by atoms with E-state index in [2.05, 4.69) is 15.3 Å². The van der Waals surface area contributed by atoms with E-state index in [1.54, 1.807) is 6.20 Å². The molecule has 2 aromatic heterocycles. The molecule has 27 heavy (non-hydrogen) atoms. The molecule has 0 fully saturated rings. The SMILES string of the molecule is O=C(Nc1nc(-c2ccc3c(c2)OCCO3)cs1)c1c[nH]c2ccccc12. The molecule has 0 spiro atoms. The topological polar surface area (TPSA) is 76.2 Å². The van der Waals surface area contributed by atoms with Gasteiger partial charge >= 0.3 is 0 Å². The summed E-state index contributed by atoms with van der Waals surface area (Å²) in [5.41, 5.74) is 3.23. The number of nitrogens with one attached hydrogen (secondary N) is 2. The summed E-state index contributed by atoms with van der Waals surface area (Å²) in [6.07, 6.45) is 1.72. The van der Waals surface area contributed by atoms with Crippen LogP contribution in [0.25, 0.3) is 22.2 Å². The molecule has 4 aromatic rings. The summed E-state index contributed by atoms with van der Waals surface area (Å²) in [6.45, 7) is 1.10. The zero-order chi connectivity index (χ0) is 18.2. The average molecular weight is 377 g/mol. The van der Waals surface area contributed by atoms with Crippen LogP contribution in [-0.2, 0) is 0 Å². The quantitative estimate of drug-likeness (QED) is 0.558. The normalized spacial score (nSPS) is 12.9. The number of aromatic nitrogens is 2. The first-order valence-corrected chi connectivity index (χ1v) is 9.39. The fourth-order valence-electron chi connectivity index (χ4n) is 3.09. The highest BCUT2D eigenvalue weighted by Gasteiger charge is 2.16. The molecule has 0 radical (unpaired) electrons. The number of ether oxygens (including phenoxy) is 2. The lowest BCUT2D eigenvalue weighted by Gasteiger charge is -2.18. The number of rotatable bonds is 3. The van der Waals surface area contributed by atoms with E-state index >= 15 is 0 Å². The van der Waals surface area contributed by atoms with Gasteiger partial charge in [0.2, 0.25) is 0 Å². The van der Waals surface area contributed by atoms with Gasteiger partial charge in [0.1, 0.15) is 13.2 Å². The summed E-state index contributed by atoms with van der Waals surface area (Å²) in [5.74, 6) is 1.28. The van der Waals surface area contributed by atoms with Crippen LogP contribution in [-0.4, -0.2) is 29.1 Å². The van der Waals surface area contributed by atoms with Crippen molar-refractivity contribution in [1.29, 1.82) is 0 Å². The predicted octanol–water partition coefficient (Wildman–Crippen LogP) is 4.31. The van der Waals surface area contributed by atoms with E-state index < -0.39 is 0 Å².